The number of hydrogen-bond acceptors (Lipinski definition) is 2. The van der Waals surface area contributed by atoms with Crippen LogP contribution in [0, 0.1) is 0 Å². The molecule has 1 aliphatic rings. The third-order valence-corrected chi connectivity index (χ3v) is 20.3. The number of hydrogen-bond donors (Lipinski definition) is 1. The van der Waals surface area contributed by atoms with Gasteiger partial charge in [-0.3, -0.25) is 0 Å². The van der Waals surface area contributed by atoms with Crippen molar-refractivity contribution in [3.63, 3.8) is 0 Å². The maximum atomic E-state index is 9.27. The highest BCUT2D eigenvalue weighted by Gasteiger charge is 2.51. The van der Waals surface area contributed by atoms with Crippen LogP contribution in [-0.4, -0.2) is 32.7 Å². The van der Waals surface area contributed by atoms with Gasteiger partial charge >= 0.3 is 0 Å². The quantitative estimate of drug-likeness (QED) is 0.684. The van der Waals surface area contributed by atoms with Gasteiger partial charge in [0.25, 0.3) is 0 Å². The summed E-state index contributed by atoms with van der Waals surface area (Å²) < 4.78 is 6.18. The normalized spacial score (nSPS) is 37.4. The molecule has 13 heavy (non-hydrogen) atoms. The highest BCUT2D eigenvalue weighted by molar-refractivity contribution is 7.38. The van der Waals surface area contributed by atoms with E-state index in [4.69, 9.17) is 4.43 Å². The molecule has 1 saturated heterocycles. The molecule has 0 amide bonds. The largest absolute Gasteiger partial charge is 0.413 e. The van der Waals surface area contributed by atoms with E-state index >= 15 is 0 Å². The average molecular weight is 218 g/mol. The smallest absolute Gasteiger partial charge is 0.174 e. The van der Waals surface area contributed by atoms with Crippen LogP contribution in [0.1, 0.15) is 13.3 Å². The summed E-state index contributed by atoms with van der Waals surface area (Å²) in [6.45, 7) is 11.7. The van der Waals surface area contributed by atoms with E-state index in [2.05, 4.69) is 26.2 Å². The van der Waals surface area contributed by atoms with Gasteiger partial charge in [-0.2, -0.15) is 0 Å². The van der Waals surface area contributed by atoms with Crippen LogP contribution in [-0.2, 0) is 4.43 Å². The molecule has 1 rings (SSSR count). The second-order valence-corrected chi connectivity index (χ2v) is 20.8. The highest BCUT2D eigenvalue weighted by atomic mass is 29.3. The number of aliphatic hydroxyl groups is 1. The van der Waals surface area contributed by atoms with Crippen LogP contribution >= 0.6 is 0 Å². The Morgan fingerprint density at radius 3 is 2.23 bits per heavy atom. The van der Waals surface area contributed by atoms with Crippen molar-refractivity contribution in [3.05, 3.63) is 0 Å². The van der Waals surface area contributed by atoms with Crippen molar-refractivity contribution in [2.24, 2.45) is 0 Å². The van der Waals surface area contributed by atoms with Crippen molar-refractivity contribution in [1.82, 2.24) is 0 Å². The van der Waals surface area contributed by atoms with Crippen molar-refractivity contribution >= 4 is 15.4 Å². The highest BCUT2D eigenvalue weighted by Crippen LogP contribution is 2.38. The Labute approximate surface area is 83.2 Å². The van der Waals surface area contributed by atoms with E-state index in [9.17, 15) is 5.11 Å². The van der Waals surface area contributed by atoms with Crippen molar-refractivity contribution in [1.29, 1.82) is 0 Å². The minimum absolute atomic E-state index is 0.175. The molecule has 1 aliphatic heterocycles. The number of aliphatic hydroxyl groups excluding tert-OH is 1. The molecule has 1 unspecified atom stereocenters. The minimum Gasteiger partial charge on any atom is -0.413 e. The van der Waals surface area contributed by atoms with Crippen molar-refractivity contribution in [2.45, 2.75) is 51.2 Å². The molecular weight excluding hydrogens is 196 g/mol. The van der Waals surface area contributed by atoms with E-state index in [1.807, 2.05) is 6.92 Å². The Morgan fingerprint density at radius 2 is 1.85 bits per heavy atom. The van der Waals surface area contributed by atoms with Crippen LogP contribution in [0.25, 0.3) is 0 Å². The molecule has 1 N–H and O–H groups in total. The lowest BCUT2D eigenvalue weighted by molar-refractivity contribution is 0.0127. The first-order valence-corrected chi connectivity index (χ1v) is 12.2. The maximum Gasteiger partial charge on any atom is 0.174 e. The van der Waals surface area contributed by atoms with Crippen LogP contribution in [0.4, 0.5) is 0 Å². The van der Waals surface area contributed by atoms with E-state index in [1.54, 1.807) is 0 Å². The van der Waals surface area contributed by atoms with Gasteiger partial charge in [-0.1, -0.05) is 19.1 Å². The van der Waals surface area contributed by atoms with Gasteiger partial charge in [0.05, 0.1) is 19.8 Å². The van der Waals surface area contributed by atoms with Crippen LogP contribution in [0.2, 0.25) is 32.2 Å². The summed E-state index contributed by atoms with van der Waals surface area (Å²) >= 11 is 0. The molecular formula is C9H22O2Si2. The molecule has 1 fully saturated rings. The lowest BCUT2D eigenvalue weighted by Crippen LogP contribution is -2.65. The van der Waals surface area contributed by atoms with E-state index in [1.165, 1.54) is 6.04 Å². The fraction of sp³-hybridized carbons (Fsp3) is 1.00. The Morgan fingerprint density at radius 1 is 1.31 bits per heavy atom. The van der Waals surface area contributed by atoms with Gasteiger partial charge in [0, 0.05) is 0 Å². The summed E-state index contributed by atoms with van der Waals surface area (Å²) in [5.41, 5.74) is -0.238. The lowest BCUT2D eigenvalue weighted by atomic mass is 10.1. The zero-order valence-electron chi connectivity index (χ0n) is 9.48. The molecule has 0 aromatic rings. The lowest BCUT2D eigenvalue weighted by Gasteiger charge is -2.50. The first-order valence-electron chi connectivity index (χ1n) is 5.04. The molecule has 0 aromatic heterocycles. The van der Waals surface area contributed by atoms with Gasteiger partial charge < -0.3 is 9.53 Å². The first kappa shape index (κ1) is 11.4. The molecule has 0 bridgehead atoms. The zero-order chi connectivity index (χ0) is 10.3. The fourth-order valence-corrected chi connectivity index (χ4v) is 8.97. The van der Waals surface area contributed by atoms with Gasteiger partial charge in [0.2, 0.25) is 0 Å². The summed E-state index contributed by atoms with van der Waals surface area (Å²) in [6.07, 6.45) is 1.04. The molecule has 78 valence electrons. The molecule has 1 atom stereocenters. The van der Waals surface area contributed by atoms with Crippen LogP contribution in [0.3, 0.4) is 0 Å². The van der Waals surface area contributed by atoms with Gasteiger partial charge in [-0.15, -0.1) is 0 Å². The average Bonchev–Trinajstić information content (AvgIpc) is 1.98. The summed E-state index contributed by atoms with van der Waals surface area (Å²) in [6, 6.07) is 1.31. The van der Waals surface area contributed by atoms with Gasteiger partial charge in [0.1, 0.15) is 0 Å². The zero-order valence-corrected chi connectivity index (χ0v) is 11.5. The second-order valence-electron chi connectivity index (χ2n) is 5.60. The van der Waals surface area contributed by atoms with Gasteiger partial charge in [-0.05, 0) is 26.4 Å². The Balaban J connectivity index is 2.82. The summed E-state index contributed by atoms with van der Waals surface area (Å²) in [5, 5.41) is 9.27. The molecule has 0 aromatic carbocycles. The minimum atomic E-state index is -1.50. The summed E-state index contributed by atoms with van der Waals surface area (Å²) in [4.78, 5) is 0. The Bertz CT molecular complexity index is 204. The monoisotopic (exact) mass is 218 g/mol. The van der Waals surface area contributed by atoms with Gasteiger partial charge in [0.15, 0.2) is 7.83 Å². The molecule has 1 heterocycles. The molecule has 0 radical (unpaired) electrons. The number of rotatable bonds is 1. The Kier molecular flexibility index (Phi) is 2.80. The molecule has 2 nitrogen and oxygen atoms in total. The summed E-state index contributed by atoms with van der Waals surface area (Å²) in [7, 11) is -2.61. The third-order valence-electron chi connectivity index (χ3n) is 3.74. The SMILES string of the molecule is CC1(CO)CC[Si](C)(C)[Si](C)(C)O1. The predicted octanol–water partition coefficient (Wildman–Crippen LogP) is 2.15. The van der Waals surface area contributed by atoms with Crippen molar-refractivity contribution in [3.8, 4) is 0 Å². The van der Waals surface area contributed by atoms with E-state index in [0.29, 0.717) is 0 Å². The van der Waals surface area contributed by atoms with Crippen molar-refractivity contribution < 1.29 is 9.53 Å². The maximum absolute atomic E-state index is 9.27. The topological polar surface area (TPSA) is 29.5 Å². The Hall–Kier alpha value is 0.354. The summed E-state index contributed by atoms with van der Waals surface area (Å²) in [5.74, 6) is 0. The van der Waals surface area contributed by atoms with E-state index in [0.717, 1.165) is 6.42 Å². The van der Waals surface area contributed by atoms with Crippen molar-refractivity contribution in [2.75, 3.05) is 6.61 Å². The molecule has 0 aliphatic carbocycles. The molecule has 0 saturated carbocycles. The van der Waals surface area contributed by atoms with E-state index in [-0.39, 0.29) is 12.2 Å². The van der Waals surface area contributed by atoms with Gasteiger partial charge in [-0.25, -0.2) is 0 Å². The third kappa shape index (κ3) is 2.06. The second kappa shape index (κ2) is 3.19. The van der Waals surface area contributed by atoms with Crippen LogP contribution in [0.5, 0.6) is 0 Å². The first-order chi connectivity index (χ1) is 5.72. The van der Waals surface area contributed by atoms with E-state index < -0.39 is 15.4 Å². The fourth-order valence-electron chi connectivity index (χ4n) is 1.79. The van der Waals surface area contributed by atoms with Crippen LogP contribution < -0.4 is 0 Å². The van der Waals surface area contributed by atoms with Crippen LogP contribution in [0.15, 0.2) is 0 Å². The predicted molar refractivity (Wildman–Crippen MR) is 61.0 cm³/mol. The standard InChI is InChI=1S/C9H22O2Si2/c1-9(8-10)6-7-12(2,3)13(4,5)11-9/h10H,6-8H2,1-5H3. The molecule has 0 spiro atoms. The molecule has 4 heteroatoms.